The molecule has 0 unspecified atom stereocenters. The lowest BCUT2D eigenvalue weighted by Gasteiger charge is -2.34. The third-order valence-electron chi connectivity index (χ3n) is 5.16. The summed E-state index contributed by atoms with van der Waals surface area (Å²) in [6.07, 6.45) is 21.4. The van der Waals surface area contributed by atoms with Crippen LogP contribution >= 0.6 is 0 Å². The van der Waals surface area contributed by atoms with Gasteiger partial charge in [-0.15, -0.1) is 0 Å². The lowest BCUT2D eigenvalue weighted by Crippen LogP contribution is -2.31. The van der Waals surface area contributed by atoms with Gasteiger partial charge in [0.05, 0.1) is 0 Å². The van der Waals surface area contributed by atoms with E-state index in [1.54, 1.807) is 0 Å². The SMILES string of the molecule is CCCCCCCCCC1(CN)CCCCCCC1. The van der Waals surface area contributed by atoms with Crippen molar-refractivity contribution < 1.29 is 0 Å². The second-order valence-corrected chi connectivity index (χ2v) is 6.84. The monoisotopic (exact) mass is 267 g/mol. The third kappa shape index (κ3) is 7.34. The first-order valence-electron chi connectivity index (χ1n) is 9.03. The number of nitrogens with two attached hydrogens (primary N) is 1. The highest BCUT2D eigenvalue weighted by atomic mass is 14.6. The van der Waals surface area contributed by atoms with Crippen LogP contribution in [0.25, 0.3) is 0 Å². The predicted octanol–water partition coefficient (Wildman–Crippen LogP) is 5.82. The van der Waals surface area contributed by atoms with Crippen LogP contribution in [-0.2, 0) is 0 Å². The van der Waals surface area contributed by atoms with Gasteiger partial charge in [-0.25, -0.2) is 0 Å². The first kappa shape index (κ1) is 17.0. The summed E-state index contributed by atoms with van der Waals surface area (Å²) in [5.74, 6) is 0. The van der Waals surface area contributed by atoms with E-state index < -0.39 is 0 Å². The van der Waals surface area contributed by atoms with Crippen molar-refractivity contribution in [3.63, 3.8) is 0 Å². The van der Waals surface area contributed by atoms with E-state index in [2.05, 4.69) is 6.92 Å². The second-order valence-electron chi connectivity index (χ2n) is 6.84. The summed E-state index contributed by atoms with van der Waals surface area (Å²) in [4.78, 5) is 0. The van der Waals surface area contributed by atoms with Crippen LogP contribution in [-0.4, -0.2) is 6.54 Å². The van der Waals surface area contributed by atoms with Crippen LogP contribution in [0.1, 0.15) is 103 Å². The third-order valence-corrected chi connectivity index (χ3v) is 5.16. The summed E-state index contributed by atoms with van der Waals surface area (Å²) in [7, 11) is 0. The molecule has 0 aromatic rings. The molecule has 0 saturated heterocycles. The Kier molecular flexibility index (Phi) is 9.59. The van der Waals surface area contributed by atoms with Gasteiger partial charge in [-0.05, 0) is 31.2 Å². The van der Waals surface area contributed by atoms with Gasteiger partial charge in [0.15, 0.2) is 0 Å². The van der Waals surface area contributed by atoms with E-state index in [9.17, 15) is 0 Å². The summed E-state index contributed by atoms with van der Waals surface area (Å²) in [5.41, 5.74) is 6.66. The minimum absolute atomic E-state index is 0.518. The van der Waals surface area contributed by atoms with E-state index >= 15 is 0 Å². The van der Waals surface area contributed by atoms with Gasteiger partial charge in [-0.1, -0.05) is 84.0 Å². The zero-order chi connectivity index (χ0) is 13.8. The number of hydrogen-bond donors (Lipinski definition) is 1. The highest BCUT2D eigenvalue weighted by Gasteiger charge is 2.27. The van der Waals surface area contributed by atoms with Crippen LogP contribution < -0.4 is 5.73 Å². The minimum Gasteiger partial charge on any atom is -0.330 e. The minimum atomic E-state index is 0.518. The highest BCUT2D eigenvalue weighted by molar-refractivity contribution is 4.81. The predicted molar refractivity (Wildman–Crippen MR) is 86.4 cm³/mol. The molecule has 1 heteroatoms. The van der Waals surface area contributed by atoms with Gasteiger partial charge in [0.2, 0.25) is 0 Å². The zero-order valence-corrected chi connectivity index (χ0v) is 13.4. The largest absolute Gasteiger partial charge is 0.330 e. The van der Waals surface area contributed by atoms with Crippen LogP contribution in [0.4, 0.5) is 0 Å². The molecule has 1 aliphatic rings. The zero-order valence-electron chi connectivity index (χ0n) is 13.4. The molecule has 1 fully saturated rings. The molecule has 0 amide bonds. The standard InChI is InChI=1S/C18H37N/c1-2-3-4-5-6-8-11-14-18(17-19)15-12-9-7-10-13-16-18/h2-17,19H2,1H3. The van der Waals surface area contributed by atoms with E-state index in [4.69, 9.17) is 5.73 Å². The molecule has 0 aromatic carbocycles. The van der Waals surface area contributed by atoms with Gasteiger partial charge in [-0.3, -0.25) is 0 Å². The molecule has 0 aliphatic heterocycles. The summed E-state index contributed by atoms with van der Waals surface area (Å²) in [6, 6.07) is 0. The van der Waals surface area contributed by atoms with Crippen LogP contribution in [0.3, 0.4) is 0 Å². The van der Waals surface area contributed by atoms with Crippen molar-refractivity contribution in [1.29, 1.82) is 0 Å². The molecular formula is C18H37N. The Balaban J connectivity index is 2.15. The van der Waals surface area contributed by atoms with Crippen molar-refractivity contribution in [1.82, 2.24) is 0 Å². The molecule has 0 aromatic heterocycles. The van der Waals surface area contributed by atoms with Crippen molar-refractivity contribution >= 4 is 0 Å². The fourth-order valence-electron chi connectivity index (χ4n) is 3.67. The maximum absolute atomic E-state index is 6.14. The molecule has 0 heterocycles. The lowest BCUT2D eigenvalue weighted by molar-refractivity contribution is 0.194. The molecule has 0 atom stereocenters. The first-order chi connectivity index (χ1) is 9.33. The fraction of sp³-hybridized carbons (Fsp3) is 1.00. The average Bonchev–Trinajstić information content (AvgIpc) is 2.40. The van der Waals surface area contributed by atoms with Crippen LogP contribution in [0.15, 0.2) is 0 Å². The number of hydrogen-bond acceptors (Lipinski definition) is 1. The van der Waals surface area contributed by atoms with E-state index in [1.165, 1.54) is 96.3 Å². The summed E-state index contributed by atoms with van der Waals surface area (Å²) in [5, 5.41) is 0. The van der Waals surface area contributed by atoms with E-state index in [0.29, 0.717) is 5.41 Å². The maximum atomic E-state index is 6.14. The topological polar surface area (TPSA) is 26.0 Å². The molecular weight excluding hydrogens is 230 g/mol. The van der Waals surface area contributed by atoms with Gasteiger partial charge in [0.1, 0.15) is 0 Å². The van der Waals surface area contributed by atoms with Crippen molar-refractivity contribution in [3.05, 3.63) is 0 Å². The van der Waals surface area contributed by atoms with Crippen LogP contribution in [0, 0.1) is 5.41 Å². The van der Waals surface area contributed by atoms with Crippen molar-refractivity contribution in [2.45, 2.75) is 103 Å². The van der Waals surface area contributed by atoms with E-state index in [1.807, 2.05) is 0 Å². The molecule has 0 radical (unpaired) electrons. The first-order valence-corrected chi connectivity index (χ1v) is 9.03. The highest BCUT2D eigenvalue weighted by Crippen LogP contribution is 2.37. The Morgan fingerprint density at radius 1 is 0.737 bits per heavy atom. The van der Waals surface area contributed by atoms with Gasteiger partial charge < -0.3 is 5.73 Å². The van der Waals surface area contributed by atoms with Crippen molar-refractivity contribution in [2.24, 2.45) is 11.1 Å². The Morgan fingerprint density at radius 3 is 1.84 bits per heavy atom. The number of unbranched alkanes of at least 4 members (excludes halogenated alkanes) is 6. The van der Waals surface area contributed by atoms with Crippen LogP contribution in [0.5, 0.6) is 0 Å². The van der Waals surface area contributed by atoms with Crippen molar-refractivity contribution in [3.8, 4) is 0 Å². The smallest absolute Gasteiger partial charge is 0.00205 e. The Labute approximate surface area is 121 Å². The number of rotatable bonds is 9. The molecule has 1 aliphatic carbocycles. The Bertz CT molecular complexity index is 192. The van der Waals surface area contributed by atoms with Gasteiger partial charge in [0.25, 0.3) is 0 Å². The van der Waals surface area contributed by atoms with Crippen molar-refractivity contribution in [2.75, 3.05) is 6.54 Å². The molecule has 1 nitrogen and oxygen atoms in total. The average molecular weight is 268 g/mol. The fourth-order valence-corrected chi connectivity index (χ4v) is 3.67. The summed E-state index contributed by atoms with van der Waals surface area (Å²) >= 11 is 0. The maximum Gasteiger partial charge on any atom is -0.00205 e. The van der Waals surface area contributed by atoms with Gasteiger partial charge in [-0.2, -0.15) is 0 Å². The van der Waals surface area contributed by atoms with E-state index in [-0.39, 0.29) is 0 Å². The quantitative estimate of drug-likeness (QED) is 0.524. The molecule has 0 bridgehead atoms. The molecule has 2 N–H and O–H groups in total. The molecule has 19 heavy (non-hydrogen) atoms. The van der Waals surface area contributed by atoms with Crippen LogP contribution in [0.2, 0.25) is 0 Å². The Hall–Kier alpha value is -0.0400. The lowest BCUT2D eigenvalue weighted by atomic mass is 9.73. The van der Waals surface area contributed by atoms with Gasteiger partial charge >= 0.3 is 0 Å². The van der Waals surface area contributed by atoms with E-state index in [0.717, 1.165) is 6.54 Å². The Morgan fingerprint density at radius 2 is 1.26 bits per heavy atom. The second kappa shape index (κ2) is 10.7. The summed E-state index contributed by atoms with van der Waals surface area (Å²) < 4.78 is 0. The molecule has 1 rings (SSSR count). The molecule has 0 spiro atoms. The normalized spacial score (nSPS) is 19.9. The van der Waals surface area contributed by atoms with Gasteiger partial charge in [0, 0.05) is 0 Å². The molecule has 114 valence electrons. The molecule has 1 saturated carbocycles. The summed E-state index contributed by atoms with van der Waals surface area (Å²) in [6.45, 7) is 3.22.